The van der Waals surface area contributed by atoms with Gasteiger partial charge in [0.05, 0.1) is 0 Å². The normalized spacial score (nSPS) is 9.60. The van der Waals surface area contributed by atoms with Crippen molar-refractivity contribution in [1.29, 1.82) is 0 Å². The van der Waals surface area contributed by atoms with Gasteiger partial charge in [0.15, 0.2) is 0 Å². The lowest BCUT2D eigenvalue weighted by Gasteiger charge is -2.05. The molecule has 10 heavy (non-hydrogen) atoms. The molecule has 1 fully saturated rings. The minimum absolute atomic E-state index is 0. The maximum atomic E-state index is 1.50. The van der Waals surface area contributed by atoms with Gasteiger partial charge in [0.25, 0.3) is 0 Å². The van der Waals surface area contributed by atoms with Crippen molar-refractivity contribution >= 4 is 49.6 Å². The number of halogens is 6. The molecule has 0 atom stereocenters. The van der Waals surface area contributed by atoms with E-state index in [1.807, 2.05) is 0 Å². The predicted molar refractivity (Wildman–Crippen MR) is 52.5 cm³/mol. The second-order valence-electron chi connectivity index (χ2n) is 1.41. The van der Waals surface area contributed by atoms with Gasteiger partial charge in [0.2, 0.25) is 0 Å². The van der Waals surface area contributed by atoms with E-state index in [0.717, 1.165) is 0 Å². The summed E-state index contributed by atoms with van der Waals surface area (Å²) in [6.07, 6.45) is 6.00. The molecule has 72 valence electrons. The third kappa shape index (κ3) is 23.0. The fourth-order valence-corrected chi connectivity index (χ4v) is 0.250. The molecular formula is C4H14Cl4F2. The SMILES string of the molecule is C1CCC1.Cl.Cl.Cl.Cl.F.F. The molecule has 0 N–H and O–H groups in total. The summed E-state index contributed by atoms with van der Waals surface area (Å²) >= 11 is 0. The number of hydrogen-bond acceptors (Lipinski definition) is 0. The van der Waals surface area contributed by atoms with E-state index in [9.17, 15) is 0 Å². The average Bonchev–Trinajstić information content (AvgIpc) is 0.722. The highest BCUT2D eigenvalue weighted by Gasteiger charge is 1.95. The van der Waals surface area contributed by atoms with Crippen molar-refractivity contribution in [2.45, 2.75) is 25.7 Å². The lowest BCUT2D eigenvalue weighted by atomic mass is 10.0. The third-order valence-electron chi connectivity index (χ3n) is 1.000. The molecule has 0 saturated heterocycles. The summed E-state index contributed by atoms with van der Waals surface area (Å²) in [7, 11) is 0. The molecule has 0 aromatic carbocycles. The van der Waals surface area contributed by atoms with Gasteiger partial charge in [0, 0.05) is 0 Å². The molecule has 0 nitrogen and oxygen atoms in total. The summed E-state index contributed by atoms with van der Waals surface area (Å²) in [5, 5.41) is 0. The minimum atomic E-state index is 0. The first-order valence-electron chi connectivity index (χ1n) is 2.00. The summed E-state index contributed by atoms with van der Waals surface area (Å²) in [4.78, 5) is 0. The molecule has 0 aromatic rings. The van der Waals surface area contributed by atoms with Crippen LogP contribution in [0.2, 0.25) is 0 Å². The van der Waals surface area contributed by atoms with Crippen LogP contribution in [0.3, 0.4) is 0 Å². The molecule has 0 aromatic heterocycles. The number of rotatable bonds is 0. The topological polar surface area (TPSA) is 0 Å². The minimum Gasteiger partial charge on any atom is -0.269 e. The summed E-state index contributed by atoms with van der Waals surface area (Å²) in [6.45, 7) is 0. The van der Waals surface area contributed by atoms with Gasteiger partial charge in [0.1, 0.15) is 0 Å². The summed E-state index contributed by atoms with van der Waals surface area (Å²) in [5.74, 6) is 0. The highest BCUT2D eigenvalue weighted by atomic mass is 35.5. The Morgan fingerprint density at radius 2 is 0.500 bits per heavy atom. The van der Waals surface area contributed by atoms with Gasteiger partial charge in [-0.2, -0.15) is 0 Å². The first-order valence-corrected chi connectivity index (χ1v) is 2.00. The van der Waals surface area contributed by atoms with Gasteiger partial charge >= 0.3 is 0 Å². The standard InChI is InChI=1S/C4H8.4ClH.2FH/c1-2-4-3-1;;;;;;/h1-4H2;6*1H. The van der Waals surface area contributed by atoms with E-state index in [-0.39, 0.29) is 59.0 Å². The van der Waals surface area contributed by atoms with E-state index in [2.05, 4.69) is 0 Å². The van der Waals surface area contributed by atoms with Gasteiger partial charge in [-0.25, -0.2) is 0 Å². The monoisotopic (exact) mass is 240 g/mol. The summed E-state index contributed by atoms with van der Waals surface area (Å²) < 4.78 is 0. The Balaban J connectivity index is -0.00000000667. The lowest BCUT2D eigenvalue weighted by Crippen LogP contribution is -1.85. The highest BCUT2D eigenvalue weighted by molar-refractivity contribution is 5.86. The van der Waals surface area contributed by atoms with E-state index in [0.29, 0.717) is 0 Å². The van der Waals surface area contributed by atoms with Crippen LogP contribution in [0, 0.1) is 0 Å². The van der Waals surface area contributed by atoms with Gasteiger partial charge in [-0.3, -0.25) is 9.41 Å². The van der Waals surface area contributed by atoms with Crippen LogP contribution < -0.4 is 0 Å². The van der Waals surface area contributed by atoms with Crippen LogP contribution in [-0.4, -0.2) is 0 Å². The molecule has 0 radical (unpaired) electrons. The molecule has 1 aliphatic carbocycles. The smallest absolute Gasteiger partial charge is 0.0533 e. The molecule has 6 heteroatoms. The van der Waals surface area contributed by atoms with E-state index in [1.165, 1.54) is 25.7 Å². The van der Waals surface area contributed by atoms with Crippen LogP contribution in [0.25, 0.3) is 0 Å². The van der Waals surface area contributed by atoms with Gasteiger partial charge < -0.3 is 0 Å². The van der Waals surface area contributed by atoms with Gasteiger partial charge in [-0.05, 0) is 0 Å². The maximum Gasteiger partial charge on any atom is -0.0533 e. The molecule has 1 aliphatic rings. The van der Waals surface area contributed by atoms with Gasteiger partial charge in [-0.1, -0.05) is 25.7 Å². The molecule has 1 saturated carbocycles. The molecule has 0 amide bonds. The molecule has 0 aliphatic heterocycles. The summed E-state index contributed by atoms with van der Waals surface area (Å²) in [6, 6.07) is 0. The second kappa shape index (κ2) is 32.3. The Morgan fingerprint density at radius 1 is 0.400 bits per heavy atom. The first-order chi connectivity index (χ1) is 2.00. The van der Waals surface area contributed by atoms with Crippen LogP contribution in [0.5, 0.6) is 0 Å². The summed E-state index contributed by atoms with van der Waals surface area (Å²) in [5.41, 5.74) is 0. The molecule has 0 unspecified atom stereocenters. The Hall–Kier alpha value is 1.02. The highest BCUT2D eigenvalue weighted by Crippen LogP contribution is 2.15. The Bertz CT molecular complexity index is 23.2. The van der Waals surface area contributed by atoms with E-state index in [1.54, 1.807) is 0 Å². The third-order valence-corrected chi connectivity index (χ3v) is 1.000. The second-order valence-corrected chi connectivity index (χ2v) is 1.41. The number of hydrogen-bond donors (Lipinski definition) is 0. The van der Waals surface area contributed by atoms with E-state index in [4.69, 9.17) is 0 Å². The molecule has 0 spiro atoms. The van der Waals surface area contributed by atoms with Crippen molar-refractivity contribution < 1.29 is 9.41 Å². The van der Waals surface area contributed by atoms with Crippen molar-refractivity contribution in [3.63, 3.8) is 0 Å². The van der Waals surface area contributed by atoms with Crippen molar-refractivity contribution in [2.75, 3.05) is 0 Å². The largest absolute Gasteiger partial charge is 0.269 e. The van der Waals surface area contributed by atoms with Crippen LogP contribution in [0.4, 0.5) is 9.41 Å². The van der Waals surface area contributed by atoms with Crippen LogP contribution in [0.15, 0.2) is 0 Å². The average molecular weight is 242 g/mol. The van der Waals surface area contributed by atoms with Crippen molar-refractivity contribution in [3.05, 3.63) is 0 Å². The Morgan fingerprint density at radius 3 is 0.500 bits per heavy atom. The first kappa shape index (κ1) is 43.9. The maximum absolute atomic E-state index is 1.50. The van der Waals surface area contributed by atoms with Crippen LogP contribution >= 0.6 is 49.6 Å². The lowest BCUT2D eigenvalue weighted by molar-refractivity contribution is 0.504. The fraction of sp³-hybridized carbons (Fsp3) is 1.00. The van der Waals surface area contributed by atoms with Crippen molar-refractivity contribution in [2.24, 2.45) is 0 Å². The molecular weight excluding hydrogens is 228 g/mol. The van der Waals surface area contributed by atoms with Crippen LogP contribution in [-0.2, 0) is 0 Å². The Kier molecular flexibility index (Phi) is 142. The fourth-order valence-electron chi connectivity index (χ4n) is 0.250. The zero-order chi connectivity index (χ0) is 2.83. The molecule has 0 heterocycles. The zero-order valence-corrected chi connectivity index (χ0v) is 8.54. The van der Waals surface area contributed by atoms with Crippen molar-refractivity contribution in [1.82, 2.24) is 0 Å². The Labute approximate surface area is 84.9 Å². The van der Waals surface area contributed by atoms with Crippen LogP contribution in [0.1, 0.15) is 25.7 Å². The zero-order valence-electron chi connectivity index (χ0n) is 5.28. The molecule has 1 rings (SSSR count). The van der Waals surface area contributed by atoms with Gasteiger partial charge in [-0.15, -0.1) is 49.6 Å². The predicted octanol–water partition coefficient (Wildman–Crippen LogP) is 3.55. The van der Waals surface area contributed by atoms with E-state index >= 15 is 0 Å². The quantitative estimate of drug-likeness (QED) is 0.609. The molecule has 0 bridgehead atoms. The van der Waals surface area contributed by atoms with Crippen molar-refractivity contribution in [3.8, 4) is 0 Å². The van der Waals surface area contributed by atoms with E-state index < -0.39 is 0 Å².